The van der Waals surface area contributed by atoms with Gasteiger partial charge in [-0.1, -0.05) is 0 Å². The Hall–Kier alpha value is -2.85. The van der Waals surface area contributed by atoms with Crippen LogP contribution in [0.4, 0.5) is 5.69 Å². The lowest BCUT2D eigenvalue weighted by Crippen LogP contribution is -2.23. The molecule has 0 saturated carbocycles. The maximum atomic E-state index is 12.2. The molecule has 3 rings (SSSR count). The molecule has 24 heavy (non-hydrogen) atoms. The molecule has 0 unspecified atom stereocenters. The number of anilines is 1. The van der Waals surface area contributed by atoms with Gasteiger partial charge < -0.3 is 9.08 Å². The van der Waals surface area contributed by atoms with Gasteiger partial charge in [0.15, 0.2) is 0 Å². The molecule has 7 heteroatoms. The highest BCUT2D eigenvalue weighted by molar-refractivity contribution is 7.87. The van der Waals surface area contributed by atoms with Crippen molar-refractivity contribution in [3.63, 3.8) is 0 Å². The first-order valence-electron chi connectivity index (χ1n) is 7.35. The van der Waals surface area contributed by atoms with E-state index >= 15 is 0 Å². The minimum Gasteiger partial charge on any atom is -0.379 e. The van der Waals surface area contributed by atoms with Gasteiger partial charge in [-0.05, 0) is 55.0 Å². The molecular formula is C17H14N2O4S. The number of hydrogen-bond donors (Lipinski definition) is 0. The van der Waals surface area contributed by atoms with Crippen molar-refractivity contribution >= 4 is 21.7 Å². The summed E-state index contributed by atoms with van der Waals surface area (Å²) in [6, 6.07) is 13.8. The van der Waals surface area contributed by atoms with Crippen molar-refractivity contribution in [2.45, 2.75) is 17.7 Å². The first-order valence-corrected chi connectivity index (χ1v) is 8.75. The van der Waals surface area contributed by atoms with Gasteiger partial charge in [-0.15, -0.1) is 0 Å². The van der Waals surface area contributed by atoms with Crippen LogP contribution in [0.2, 0.25) is 0 Å². The molecule has 0 radical (unpaired) electrons. The molecule has 1 heterocycles. The van der Waals surface area contributed by atoms with E-state index in [1.54, 1.807) is 17.0 Å². The van der Waals surface area contributed by atoms with Crippen LogP contribution in [0, 0.1) is 11.3 Å². The van der Waals surface area contributed by atoms with E-state index in [2.05, 4.69) is 0 Å². The quantitative estimate of drug-likeness (QED) is 0.797. The summed E-state index contributed by atoms with van der Waals surface area (Å²) in [5.41, 5.74) is 1.09. The van der Waals surface area contributed by atoms with E-state index in [0.717, 1.165) is 12.1 Å². The standard InChI is InChI=1S/C17H14N2O4S/c18-12-13-3-9-16(10-4-13)24(21,22)23-15-7-5-14(6-8-15)19-11-1-2-17(19)20/h3-10H,1-2,11H2. The average molecular weight is 342 g/mol. The largest absolute Gasteiger partial charge is 0.379 e. The lowest BCUT2D eigenvalue weighted by molar-refractivity contribution is -0.117. The number of nitrogens with zero attached hydrogens (tertiary/aromatic N) is 2. The Balaban J connectivity index is 1.77. The Kier molecular flexibility index (Phi) is 4.23. The predicted octanol–water partition coefficient (Wildman–Crippen LogP) is 2.45. The Morgan fingerprint density at radius 1 is 1.04 bits per heavy atom. The molecule has 1 aliphatic heterocycles. The minimum atomic E-state index is -3.97. The Bertz CT molecular complexity index is 897. The molecule has 0 atom stereocenters. The van der Waals surface area contributed by atoms with Crippen molar-refractivity contribution in [2.24, 2.45) is 0 Å². The fraction of sp³-hybridized carbons (Fsp3) is 0.176. The summed E-state index contributed by atoms with van der Waals surface area (Å²) in [5.74, 6) is 0.226. The highest BCUT2D eigenvalue weighted by Gasteiger charge is 2.22. The molecule has 2 aromatic rings. The summed E-state index contributed by atoms with van der Waals surface area (Å²) in [5, 5.41) is 8.74. The van der Waals surface area contributed by atoms with Gasteiger partial charge >= 0.3 is 10.1 Å². The maximum Gasteiger partial charge on any atom is 0.339 e. The van der Waals surface area contributed by atoms with Crippen molar-refractivity contribution < 1.29 is 17.4 Å². The lowest BCUT2D eigenvalue weighted by Gasteiger charge is -2.16. The van der Waals surface area contributed by atoms with E-state index in [4.69, 9.17) is 9.44 Å². The SMILES string of the molecule is N#Cc1ccc(S(=O)(=O)Oc2ccc(N3CCCC3=O)cc2)cc1. The van der Waals surface area contributed by atoms with Crippen molar-refractivity contribution in [1.82, 2.24) is 0 Å². The molecule has 6 nitrogen and oxygen atoms in total. The molecule has 0 spiro atoms. The van der Waals surface area contributed by atoms with Crippen LogP contribution in [0.5, 0.6) is 5.75 Å². The van der Waals surface area contributed by atoms with Gasteiger partial charge in [0.2, 0.25) is 5.91 Å². The second-order valence-electron chi connectivity index (χ2n) is 5.32. The van der Waals surface area contributed by atoms with Gasteiger partial charge in [0, 0.05) is 18.7 Å². The van der Waals surface area contributed by atoms with Gasteiger partial charge in [0.1, 0.15) is 10.6 Å². The lowest BCUT2D eigenvalue weighted by atomic mass is 10.2. The van der Waals surface area contributed by atoms with E-state index in [9.17, 15) is 13.2 Å². The highest BCUT2D eigenvalue weighted by Crippen LogP contribution is 2.25. The summed E-state index contributed by atoms with van der Waals surface area (Å²) in [4.78, 5) is 13.3. The van der Waals surface area contributed by atoms with Crippen molar-refractivity contribution in [3.8, 4) is 11.8 Å². The zero-order valence-electron chi connectivity index (χ0n) is 12.7. The van der Waals surface area contributed by atoms with Crippen LogP contribution in [-0.2, 0) is 14.9 Å². The number of hydrogen-bond acceptors (Lipinski definition) is 5. The molecule has 1 amide bonds. The Morgan fingerprint density at radius 2 is 1.71 bits per heavy atom. The number of amides is 1. The van der Waals surface area contributed by atoms with Crippen molar-refractivity contribution in [3.05, 3.63) is 54.1 Å². The Morgan fingerprint density at radius 3 is 2.25 bits per heavy atom. The van der Waals surface area contributed by atoms with Gasteiger partial charge in [-0.2, -0.15) is 13.7 Å². The molecule has 1 aliphatic rings. The van der Waals surface area contributed by atoms with Crippen molar-refractivity contribution in [2.75, 3.05) is 11.4 Å². The van der Waals surface area contributed by atoms with Crippen LogP contribution in [0.1, 0.15) is 18.4 Å². The van der Waals surface area contributed by atoms with E-state index in [1.807, 2.05) is 6.07 Å². The molecule has 0 N–H and O–H groups in total. The normalized spacial score (nSPS) is 14.5. The van der Waals surface area contributed by atoms with E-state index in [1.165, 1.54) is 36.4 Å². The maximum absolute atomic E-state index is 12.2. The number of nitriles is 1. The molecule has 0 aromatic heterocycles. The number of rotatable bonds is 4. The predicted molar refractivity (Wildman–Crippen MR) is 87.0 cm³/mol. The van der Waals surface area contributed by atoms with Crippen LogP contribution in [-0.4, -0.2) is 20.9 Å². The molecule has 0 bridgehead atoms. The van der Waals surface area contributed by atoms with E-state index < -0.39 is 10.1 Å². The van der Waals surface area contributed by atoms with Gasteiger partial charge in [0.25, 0.3) is 0 Å². The smallest absolute Gasteiger partial charge is 0.339 e. The number of carbonyl (C=O) groups excluding carboxylic acids is 1. The van der Waals surface area contributed by atoms with Crippen LogP contribution < -0.4 is 9.08 Å². The summed E-state index contributed by atoms with van der Waals surface area (Å²) in [6.07, 6.45) is 1.36. The third-order valence-corrected chi connectivity index (χ3v) is 4.96. The second kappa shape index (κ2) is 6.34. The summed E-state index contributed by atoms with van der Waals surface area (Å²) >= 11 is 0. The van der Waals surface area contributed by atoms with Crippen LogP contribution in [0.15, 0.2) is 53.4 Å². The topological polar surface area (TPSA) is 87.5 Å². The third-order valence-electron chi connectivity index (χ3n) is 3.70. The average Bonchev–Trinajstić information content (AvgIpc) is 3.01. The van der Waals surface area contributed by atoms with Crippen molar-refractivity contribution in [1.29, 1.82) is 5.26 Å². The monoisotopic (exact) mass is 342 g/mol. The molecule has 2 aromatic carbocycles. The number of carbonyl (C=O) groups is 1. The minimum absolute atomic E-state index is 0.0275. The van der Waals surface area contributed by atoms with Crippen LogP contribution in [0.25, 0.3) is 0 Å². The van der Waals surface area contributed by atoms with Gasteiger partial charge in [-0.25, -0.2) is 0 Å². The van der Waals surface area contributed by atoms with Crippen LogP contribution in [0.3, 0.4) is 0 Å². The van der Waals surface area contributed by atoms with Gasteiger partial charge in [-0.3, -0.25) is 4.79 Å². The molecule has 122 valence electrons. The van der Waals surface area contributed by atoms with Gasteiger partial charge in [0.05, 0.1) is 11.6 Å². The van der Waals surface area contributed by atoms with E-state index in [0.29, 0.717) is 18.5 Å². The zero-order valence-corrected chi connectivity index (χ0v) is 13.5. The first-order chi connectivity index (χ1) is 11.5. The summed E-state index contributed by atoms with van der Waals surface area (Å²) in [6.45, 7) is 0.669. The van der Waals surface area contributed by atoms with E-state index in [-0.39, 0.29) is 16.6 Å². The summed E-state index contributed by atoms with van der Waals surface area (Å²) < 4.78 is 29.5. The third kappa shape index (κ3) is 3.24. The van der Waals surface area contributed by atoms with Crippen LogP contribution >= 0.6 is 0 Å². The molecule has 0 aliphatic carbocycles. The second-order valence-corrected chi connectivity index (χ2v) is 6.86. The molecule has 1 fully saturated rings. The fourth-order valence-electron chi connectivity index (χ4n) is 2.47. The first kappa shape index (κ1) is 16.0. The summed E-state index contributed by atoms with van der Waals surface area (Å²) in [7, 11) is -3.97. The molecule has 1 saturated heterocycles. The Labute approximate surface area is 140 Å². The highest BCUT2D eigenvalue weighted by atomic mass is 32.2. The molecular weight excluding hydrogens is 328 g/mol. The zero-order chi connectivity index (χ0) is 17.2. The number of benzene rings is 2. The fourth-order valence-corrected chi connectivity index (χ4v) is 3.40.